The fourth-order valence-corrected chi connectivity index (χ4v) is 5.94. The summed E-state index contributed by atoms with van der Waals surface area (Å²) < 4.78 is 11.5. The molecule has 2 aromatic carbocycles. The van der Waals surface area contributed by atoms with E-state index in [0.29, 0.717) is 17.4 Å². The van der Waals surface area contributed by atoms with Crippen molar-refractivity contribution in [1.82, 2.24) is 4.90 Å². The van der Waals surface area contributed by atoms with Gasteiger partial charge >= 0.3 is 0 Å². The second kappa shape index (κ2) is 8.96. The van der Waals surface area contributed by atoms with Crippen LogP contribution >= 0.6 is 11.3 Å². The third-order valence-corrected chi connectivity index (χ3v) is 7.81. The van der Waals surface area contributed by atoms with Crippen LogP contribution in [0.4, 0.5) is 0 Å². The summed E-state index contributed by atoms with van der Waals surface area (Å²) in [6, 6.07) is 14.8. The lowest BCUT2D eigenvalue weighted by Crippen LogP contribution is -2.27. The lowest BCUT2D eigenvalue weighted by molar-refractivity contribution is 0.0347. The Morgan fingerprint density at radius 3 is 2.97 bits per heavy atom. The van der Waals surface area contributed by atoms with Gasteiger partial charge in [0.2, 0.25) is 0 Å². The van der Waals surface area contributed by atoms with Crippen molar-refractivity contribution in [2.45, 2.75) is 31.3 Å². The largest absolute Gasteiger partial charge is 0.497 e. The predicted molar refractivity (Wildman–Crippen MR) is 128 cm³/mol. The van der Waals surface area contributed by atoms with Crippen molar-refractivity contribution in [2.24, 2.45) is 5.73 Å². The van der Waals surface area contributed by atoms with Gasteiger partial charge in [-0.15, -0.1) is 11.3 Å². The van der Waals surface area contributed by atoms with Gasteiger partial charge in [0, 0.05) is 23.9 Å². The standard InChI is InChI=1S/C26H28N2O3S/c1-30-20-6-5-17-3-2-4-21(22(17)16-20)18-7-11-28(12-8-18)13-9-23-25-19(10-14-31-23)15-24(32-25)26(27)29/h2-7,11,15-16,18,23H,8-10,12-14H2,1H3,(H2,27,29). The molecular weight excluding hydrogens is 420 g/mol. The van der Waals surface area contributed by atoms with E-state index in [1.54, 1.807) is 7.11 Å². The number of hydrogen-bond donors (Lipinski definition) is 1. The van der Waals surface area contributed by atoms with Crippen LogP contribution in [-0.2, 0) is 11.2 Å². The highest BCUT2D eigenvalue weighted by Gasteiger charge is 2.26. The summed E-state index contributed by atoms with van der Waals surface area (Å²) in [7, 11) is 1.71. The second-order valence-corrected chi connectivity index (χ2v) is 9.55. The monoisotopic (exact) mass is 448 g/mol. The Bertz CT molecular complexity index is 1170. The number of benzene rings is 2. The summed E-state index contributed by atoms with van der Waals surface area (Å²) in [6.07, 6.45) is 7.45. The van der Waals surface area contributed by atoms with Crippen molar-refractivity contribution < 1.29 is 14.3 Å². The van der Waals surface area contributed by atoms with Gasteiger partial charge in [-0.2, -0.15) is 0 Å². The molecule has 166 valence electrons. The Kier molecular flexibility index (Phi) is 5.89. The third kappa shape index (κ3) is 4.12. The molecule has 3 heterocycles. The minimum atomic E-state index is -0.348. The average Bonchev–Trinajstić information content (AvgIpc) is 3.28. The molecular formula is C26H28N2O3S. The molecule has 5 rings (SSSR count). The molecule has 1 amide bonds. The van der Waals surface area contributed by atoms with Gasteiger partial charge in [-0.1, -0.05) is 30.3 Å². The summed E-state index contributed by atoms with van der Waals surface area (Å²) in [6.45, 7) is 2.65. The number of hydrogen-bond acceptors (Lipinski definition) is 5. The van der Waals surface area contributed by atoms with Gasteiger partial charge in [-0.05, 0) is 65.6 Å². The van der Waals surface area contributed by atoms with Crippen LogP contribution in [0, 0.1) is 0 Å². The maximum absolute atomic E-state index is 11.6. The highest BCUT2D eigenvalue weighted by atomic mass is 32.1. The zero-order valence-corrected chi connectivity index (χ0v) is 19.1. The van der Waals surface area contributed by atoms with Crippen molar-refractivity contribution in [3.05, 3.63) is 75.6 Å². The quantitative estimate of drug-likeness (QED) is 0.575. The van der Waals surface area contributed by atoms with Gasteiger partial charge in [0.15, 0.2) is 0 Å². The number of nitrogens with zero attached hydrogens (tertiary/aromatic N) is 1. The van der Waals surface area contributed by atoms with Gasteiger partial charge < -0.3 is 20.1 Å². The Balaban J connectivity index is 1.27. The number of fused-ring (bicyclic) bond motifs is 2. The second-order valence-electron chi connectivity index (χ2n) is 8.47. The van der Waals surface area contributed by atoms with E-state index in [1.807, 2.05) is 12.1 Å². The molecule has 0 saturated carbocycles. The first-order valence-electron chi connectivity index (χ1n) is 11.2. The minimum absolute atomic E-state index is 0.0495. The van der Waals surface area contributed by atoms with Crippen LogP contribution in [0.1, 0.15) is 50.5 Å². The van der Waals surface area contributed by atoms with Crippen LogP contribution in [-0.4, -0.2) is 37.6 Å². The molecule has 0 saturated heterocycles. The maximum atomic E-state index is 11.6. The first-order chi connectivity index (χ1) is 15.6. The van der Waals surface area contributed by atoms with E-state index in [4.69, 9.17) is 15.2 Å². The average molecular weight is 449 g/mol. The number of allylic oxidation sites excluding steroid dienone is 1. The fourth-order valence-electron chi connectivity index (χ4n) is 4.79. The molecule has 32 heavy (non-hydrogen) atoms. The summed E-state index contributed by atoms with van der Waals surface area (Å²) in [5.41, 5.74) is 8.06. The van der Waals surface area contributed by atoms with Gasteiger partial charge in [0.25, 0.3) is 5.91 Å². The number of thiophene rings is 1. The lowest BCUT2D eigenvalue weighted by atomic mass is 9.89. The van der Waals surface area contributed by atoms with E-state index in [1.165, 1.54) is 38.1 Å². The molecule has 0 spiro atoms. The van der Waals surface area contributed by atoms with Crippen molar-refractivity contribution in [3.63, 3.8) is 0 Å². The SMILES string of the molecule is COc1ccc2cccc(C3C=CN(CCC4OCCc5cc(C(N)=O)sc54)CC3)c2c1. The highest BCUT2D eigenvalue weighted by Crippen LogP contribution is 2.37. The molecule has 0 aliphatic carbocycles. The molecule has 3 aromatic rings. The predicted octanol–water partition coefficient (Wildman–Crippen LogP) is 5.02. The molecule has 2 atom stereocenters. The van der Waals surface area contributed by atoms with Gasteiger partial charge in [-0.3, -0.25) is 4.79 Å². The van der Waals surface area contributed by atoms with Crippen LogP contribution < -0.4 is 10.5 Å². The molecule has 0 radical (unpaired) electrons. The molecule has 0 fully saturated rings. The number of primary amides is 1. The number of amides is 1. The normalized spacial score (nSPS) is 20.3. The van der Waals surface area contributed by atoms with E-state index in [9.17, 15) is 4.79 Å². The number of methoxy groups -OCH3 is 1. The molecule has 1 aromatic heterocycles. The zero-order valence-electron chi connectivity index (χ0n) is 18.3. The number of carbonyl (C=O) groups is 1. The van der Waals surface area contributed by atoms with E-state index in [0.717, 1.165) is 38.1 Å². The van der Waals surface area contributed by atoms with Gasteiger partial charge in [0.05, 0.1) is 24.7 Å². The summed E-state index contributed by atoms with van der Waals surface area (Å²) in [5, 5.41) is 2.51. The minimum Gasteiger partial charge on any atom is -0.497 e. The Morgan fingerprint density at radius 1 is 1.28 bits per heavy atom. The summed E-state index contributed by atoms with van der Waals surface area (Å²) in [4.78, 5) is 15.8. The lowest BCUT2D eigenvalue weighted by Gasteiger charge is -2.31. The number of rotatable bonds is 6. The number of ether oxygens (including phenoxy) is 2. The number of carbonyl (C=O) groups excluding carboxylic acids is 1. The first kappa shape index (κ1) is 21.0. The zero-order chi connectivity index (χ0) is 22.1. The van der Waals surface area contributed by atoms with Crippen molar-refractivity contribution >= 4 is 28.0 Å². The highest BCUT2D eigenvalue weighted by molar-refractivity contribution is 7.14. The van der Waals surface area contributed by atoms with Crippen molar-refractivity contribution in [3.8, 4) is 5.75 Å². The molecule has 0 bridgehead atoms. The molecule has 2 N–H and O–H groups in total. The van der Waals surface area contributed by atoms with Crippen LogP contribution in [0.15, 0.2) is 54.7 Å². The maximum Gasteiger partial charge on any atom is 0.258 e. The Hall–Kier alpha value is -2.83. The fraction of sp³-hybridized carbons (Fsp3) is 0.346. The third-order valence-electron chi connectivity index (χ3n) is 6.52. The Morgan fingerprint density at radius 2 is 2.19 bits per heavy atom. The first-order valence-corrected chi connectivity index (χ1v) is 12.0. The van der Waals surface area contributed by atoms with Crippen molar-refractivity contribution in [2.75, 3.05) is 26.8 Å². The van der Waals surface area contributed by atoms with Crippen LogP contribution in [0.25, 0.3) is 10.8 Å². The van der Waals surface area contributed by atoms with E-state index in [2.05, 4.69) is 47.5 Å². The molecule has 2 aliphatic rings. The topological polar surface area (TPSA) is 64.8 Å². The van der Waals surface area contributed by atoms with Gasteiger partial charge in [0.1, 0.15) is 5.75 Å². The van der Waals surface area contributed by atoms with E-state index < -0.39 is 0 Å². The molecule has 5 nitrogen and oxygen atoms in total. The van der Waals surface area contributed by atoms with Gasteiger partial charge in [-0.25, -0.2) is 0 Å². The molecule has 2 unspecified atom stereocenters. The molecule has 6 heteroatoms. The summed E-state index contributed by atoms with van der Waals surface area (Å²) in [5.74, 6) is 0.945. The van der Waals surface area contributed by atoms with Crippen LogP contribution in [0.3, 0.4) is 0 Å². The molecule has 2 aliphatic heterocycles. The van der Waals surface area contributed by atoms with E-state index in [-0.39, 0.29) is 12.0 Å². The van der Waals surface area contributed by atoms with Crippen LogP contribution in [0.5, 0.6) is 5.75 Å². The Labute approximate surface area is 192 Å². The smallest absolute Gasteiger partial charge is 0.258 e. The van der Waals surface area contributed by atoms with Crippen molar-refractivity contribution in [1.29, 1.82) is 0 Å². The number of nitrogens with two attached hydrogens (primary N) is 1. The summed E-state index contributed by atoms with van der Waals surface area (Å²) >= 11 is 1.49. The van der Waals surface area contributed by atoms with Crippen LogP contribution in [0.2, 0.25) is 0 Å². The van der Waals surface area contributed by atoms with E-state index >= 15 is 0 Å².